The standard InChI is InChI=1S/C13H12N4O/c14-12-7-10(16-17-12)8-18-11-5-1-3-9-4-2-6-15-13(9)11/h1-7H,8H2,(H3,14,16,17). The van der Waals surface area contributed by atoms with E-state index in [4.69, 9.17) is 10.5 Å². The van der Waals surface area contributed by atoms with Gasteiger partial charge in [-0.2, -0.15) is 5.10 Å². The molecule has 0 bridgehead atoms. The summed E-state index contributed by atoms with van der Waals surface area (Å²) in [7, 11) is 0. The predicted octanol–water partition coefficient (Wildman–Crippen LogP) is 2.12. The third kappa shape index (κ3) is 1.98. The minimum absolute atomic E-state index is 0.389. The van der Waals surface area contributed by atoms with Crippen LogP contribution < -0.4 is 10.5 Å². The summed E-state index contributed by atoms with van der Waals surface area (Å²) < 4.78 is 5.73. The lowest BCUT2D eigenvalue weighted by Gasteiger charge is -2.07. The van der Waals surface area contributed by atoms with E-state index in [1.165, 1.54) is 0 Å². The van der Waals surface area contributed by atoms with Gasteiger partial charge in [-0.1, -0.05) is 18.2 Å². The van der Waals surface area contributed by atoms with Gasteiger partial charge in [0.1, 0.15) is 23.7 Å². The van der Waals surface area contributed by atoms with Crippen LogP contribution in [0.5, 0.6) is 5.75 Å². The molecule has 0 radical (unpaired) electrons. The number of benzene rings is 1. The molecule has 1 aromatic carbocycles. The molecule has 0 spiro atoms. The number of nitrogens with zero attached hydrogens (tertiary/aromatic N) is 2. The second kappa shape index (κ2) is 4.37. The number of hydrogen-bond donors (Lipinski definition) is 2. The second-order valence-corrected chi connectivity index (χ2v) is 3.94. The highest BCUT2D eigenvalue weighted by Crippen LogP contribution is 2.23. The normalized spacial score (nSPS) is 10.7. The van der Waals surface area contributed by atoms with Crippen molar-refractivity contribution >= 4 is 16.7 Å². The highest BCUT2D eigenvalue weighted by molar-refractivity contribution is 5.84. The molecule has 2 aromatic heterocycles. The number of pyridine rings is 1. The smallest absolute Gasteiger partial charge is 0.146 e. The fourth-order valence-corrected chi connectivity index (χ4v) is 1.80. The van der Waals surface area contributed by atoms with Crippen molar-refractivity contribution in [2.75, 3.05) is 5.73 Å². The van der Waals surface area contributed by atoms with Crippen LogP contribution in [0.25, 0.3) is 10.9 Å². The number of nitrogen functional groups attached to an aromatic ring is 1. The number of H-pyrrole nitrogens is 1. The summed E-state index contributed by atoms with van der Waals surface area (Å²) in [5, 5.41) is 7.71. The SMILES string of the molecule is Nc1cc(COc2cccc3cccnc23)[nH]n1. The first-order chi connectivity index (χ1) is 8.83. The molecule has 0 amide bonds. The highest BCUT2D eigenvalue weighted by atomic mass is 16.5. The first-order valence-corrected chi connectivity index (χ1v) is 5.59. The van der Waals surface area contributed by atoms with Gasteiger partial charge in [0.2, 0.25) is 0 Å². The third-order valence-electron chi connectivity index (χ3n) is 2.63. The quantitative estimate of drug-likeness (QED) is 0.735. The summed E-state index contributed by atoms with van der Waals surface area (Å²) in [4.78, 5) is 4.32. The molecule has 0 atom stereocenters. The molecule has 0 unspecified atom stereocenters. The molecule has 0 aliphatic carbocycles. The number of para-hydroxylation sites is 1. The van der Waals surface area contributed by atoms with Crippen molar-refractivity contribution in [3.8, 4) is 5.75 Å². The lowest BCUT2D eigenvalue weighted by atomic mass is 10.2. The summed E-state index contributed by atoms with van der Waals surface area (Å²) in [5.41, 5.74) is 7.22. The number of aromatic nitrogens is 3. The molecule has 2 heterocycles. The van der Waals surface area contributed by atoms with Crippen LogP contribution >= 0.6 is 0 Å². The van der Waals surface area contributed by atoms with Crippen LogP contribution in [0, 0.1) is 0 Å². The molecule has 5 heteroatoms. The number of anilines is 1. The topological polar surface area (TPSA) is 76.8 Å². The van der Waals surface area contributed by atoms with Crippen LogP contribution in [0.1, 0.15) is 5.69 Å². The molecular weight excluding hydrogens is 228 g/mol. The Hall–Kier alpha value is -2.56. The molecule has 3 N–H and O–H groups in total. The van der Waals surface area contributed by atoms with E-state index < -0.39 is 0 Å². The van der Waals surface area contributed by atoms with Crippen LogP contribution in [0.3, 0.4) is 0 Å². The van der Waals surface area contributed by atoms with Crippen LogP contribution in [-0.4, -0.2) is 15.2 Å². The van der Waals surface area contributed by atoms with Gasteiger partial charge in [-0.15, -0.1) is 0 Å². The Morgan fingerprint density at radius 2 is 2.11 bits per heavy atom. The maximum Gasteiger partial charge on any atom is 0.146 e. The van der Waals surface area contributed by atoms with E-state index in [0.717, 1.165) is 22.3 Å². The van der Waals surface area contributed by atoms with E-state index in [0.29, 0.717) is 12.4 Å². The van der Waals surface area contributed by atoms with Gasteiger partial charge in [-0.25, -0.2) is 0 Å². The average Bonchev–Trinajstić information content (AvgIpc) is 2.82. The molecule has 5 nitrogen and oxygen atoms in total. The van der Waals surface area contributed by atoms with Crippen LogP contribution in [0.15, 0.2) is 42.6 Å². The zero-order valence-electron chi connectivity index (χ0n) is 9.63. The van der Waals surface area contributed by atoms with E-state index in [1.807, 2.05) is 30.3 Å². The van der Waals surface area contributed by atoms with Crippen molar-refractivity contribution in [1.82, 2.24) is 15.2 Å². The predicted molar refractivity (Wildman–Crippen MR) is 69.1 cm³/mol. The van der Waals surface area contributed by atoms with Gasteiger partial charge >= 0.3 is 0 Å². The van der Waals surface area contributed by atoms with Gasteiger partial charge < -0.3 is 10.5 Å². The van der Waals surface area contributed by atoms with E-state index in [1.54, 1.807) is 12.3 Å². The molecule has 0 aliphatic rings. The fraction of sp³-hybridized carbons (Fsp3) is 0.0769. The number of rotatable bonds is 3. The van der Waals surface area contributed by atoms with Gasteiger partial charge in [0.25, 0.3) is 0 Å². The van der Waals surface area contributed by atoms with Gasteiger partial charge in [-0.3, -0.25) is 10.1 Å². The summed E-state index contributed by atoms with van der Waals surface area (Å²) >= 11 is 0. The fourth-order valence-electron chi connectivity index (χ4n) is 1.80. The van der Waals surface area contributed by atoms with Gasteiger partial charge in [-0.05, 0) is 12.1 Å². The number of fused-ring (bicyclic) bond motifs is 1. The Morgan fingerprint density at radius 3 is 2.94 bits per heavy atom. The largest absolute Gasteiger partial charge is 0.485 e. The molecule has 0 fully saturated rings. The van der Waals surface area contributed by atoms with E-state index >= 15 is 0 Å². The van der Waals surface area contributed by atoms with E-state index in [2.05, 4.69) is 15.2 Å². The Morgan fingerprint density at radius 1 is 1.22 bits per heavy atom. The zero-order valence-corrected chi connectivity index (χ0v) is 9.63. The van der Waals surface area contributed by atoms with E-state index in [-0.39, 0.29) is 0 Å². The van der Waals surface area contributed by atoms with Crippen molar-refractivity contribution in [3.63, 3.8) is 0 Å². The van der Waals surface area contributed by atoms with Crippen LogP contribution in [-0.2, 0) is 6.61 Å². The van der Waals surface area contributed by atoms with Gasteiger partial charge in [0, 0.05) is 17.6 Å². The lowest BCUT2D eigenvalue weighted by Crippen LogP contribution is -1.97. The maximum atomic E-state index is 5.73. The average molecular weight is 240 g/mol. The Kier molecular flexibility index (Phi) is 2.57. The molecule has 90 valence electrons. The first-order valence-electron chi connectivity index (χ1n) is 5.59. The van der Waals surface area contributed by atoms with Gasteiger partial charge in [0.05, 0.1) is 5.69 Å². The molecule has 3 rings (SSSR count). The lowest BCUT2D eigenvalue weighted by molar-refractivity contribution is 0.304. The van der Waals surface area contributed by atoms with Crippen LogP contribution in [0.4, 0.5) is 5.82 Å². The van der Waals surface area contributed by atoms with Crippen molar-refractivity contribution in [1.29, 1.82) is 0 Å². The first kappa shape index (κ1) is 10.6. The Balaban J connectivity index is 1.86. The Bertz CT molecular complexity index is 672. The minimum atomic E-state index is 0.389. The monoisotopic (exact) mass is 240 g/mol. The minimum Gasteiger partial charge on any atom is -0.485 e. The number of nitrogens with one attached hydrogen (secondary N) is 1. The number of ether oxygens (including phenoxy) is 1. The maximum absolute atomic E-state index is 5.73. The number of nitrogens with two attached hydrogens (primary N) is 1. The molecule has 0 aliphatic heterocycles. The van der Waals surface area contributed by atoms with E-state index in [9.17, 15) is 0 Å². The van der Waals surface area contributed by atoms with Gasteiger partial charge in [0.15, 0.2) is 0 Å². The third-order valence-corrected chi connectivity index (χ3v) is 2.63. The van der Waals surface area contributed by atoms with Crippen LogP contribution in [0.2, 0.25) is 0 Å². The molecule has 3 aromatic rings. The molecule has 0 saturated carbocycles. The summed E-state index contributed by atoms with van der Waals surface area (Å²) in [6, 6.07) is 11.5. The number of hydrogen-bond acceptors (Lipinski definition) is 4. The summed E-state index contributed by atoms with van der Waals surface area (Å²) in [5.74, 6) is 1.21. The van der Waals surface area contributed by atoms with Crippen molar-refractivity contribution in [3.05, 3.63) is 48.3 Å². The van der Waals surface area contributed by atoms with Crippen molar-refractivity contribution < 1.29 is 4.74 Å². The second-order valence-electron chi connectivity index (χ2n) is 3.94. The summed E-state index contributed by atoms with van der Waals surface area (Å²) in [6.07, 6.45) is 1.75. The number of aromatic amines is 1. The van der Waals surface area contributed by atoms with Crippen molar-refractivity contribution in [2.45, 2.75) is 6.61 Å². The Labute approximate surface area is 104 Å². The molecule has 0 saturated heterocycles. The highest BCUT2D eigenvalue weighted by Gasteiger charge is 2.04. The van der Waals surface area contributed by atoms with Crippen molar-refractivity contribution in [2.24, 2.45) is 0 Å². The molecule has 18 heavy (non-hydrogen) atoms. The zero-order chi connectivity index (χ0) is 12.4. The molecular formula is C13H12N4O. The summed E-state index contributed by atoms with van der Waals surface area (Å²) in [6.45, 7) is 0.389.